The number of alkyl halides is 1. The lowest BCUT2D eigenvalue weighted by Crippen LogP contribution is -2.32. The molecule has 1 saturated heterocycles. The van der Waals surface area contributed by atoms with E-state index in [1.807, 2.05) is 30.3 Å². The SMILES string of the molecule is O=C(O)C1OC(CI)C[C@@H]1C(=O)OCc1ccccc1. The zero-order valence-electron chi connectivity index (χ0n) is 10.7. The van der Waals surface area contributed by atoms with Crippen molar-refractivity contribution in [2.75, 3.05) is 4.43 Å². The van der Waals surface area contributed by atoms with Gasteiger partial charge in [-0.2, -0.15) is 0 Å². The Morgan fingerprint density at radius 2 is 2.05 bits per heavy atom. The van der Waals surface area contributed by atoms with Crippen molar-refractivity contribution >= 4 is 34.5 Å². The van der Waals surface area contributed by atoms with E-state index in [0.717, 1.165) is 5.56 Å². The third-order valence-electron chi connectivity index (χ3n) is 3.16. The Morgan fingerprint density at radius 3 is 2.65 bits per heavy atom. The molecule has 1 N–H and O–H groups in total. The predicted molar refractivity (Wildman–Crippen MR) is 79.5 cm³/mol. The fourth-order valence-electron chi connectivity index (χ4n) is 2.15. The highest BCUT2D eigenvalue weighted by molar-refractivity contribution is 14.1. The third-order valence-corrected chi connectivity index (χ3v) is 4.15. The first kappa shape index (κ1) is 15.2. The monoisotopic (exact) mass is 390 g/mol. The van der Waals surface area contributed by atoms with Crippen LogP contribution < -0.4 is 0 Å². The highest BCUT2D eigenvalue weighted by Crippen LogP contribution is 2.29. The first-order chi connectivity index (χ1) is 9.61. The first-order valence-electron chi connectivity index (χ1n) is 6.26. The summed E-state index contributed by atoms with van der Waals surface area (Å²) in [4.78, 5) is 23.1. The Labute approximate surface area is 130 Å². The summed E-state index contributed by atoms with van der Waals surface area (Å²) >= 11 is 2.12. The number of carbonyl (C=O) groups is 2. The van der Waals surface area contributed by atoms with Gasteiger partial charge in [-0.15, -0.1) is 0 Å². The molecule has 6 heteroatoms. The van der Waals surface area contributed by atoms with Crippen LogP contribution in [0, 0.1) is 5.92 Å². The maximum atomic E-state index is 12.0. The summed E-state index contributed by atoms with van der Waals surface area (Å²) in [6, 6.07) is 9.28. The van der Waals surface area contributed by atoms with Crippen molar-refractivity contribution in [1.29, 1.82) is 0 Å². The Bertz CT molecular complexity index is 476. The molecule has 0 aliphatic carbocycles. The number of carbonyl (C=O) groups excluding carboxylic acids is 1. The first-order valence-corrected chi connectivity index (χ1v) is 7.79. The van der Waals surface area contributed by atoms with E-state index < -0.39 is 24.0 Å². The quantitative estimate of drug-likeness (QED) is 0.473. The molecule has 0 spiro atoms. The number of carboxylic acids is 1. The summed E-state index contributed by atoms with van der Waals surface area (Å²) in [7, 11) is 0. The number of hydrogen-bond donors (Lipinski definition) is 1. The molecule has 1 aromatic carbocycles. The van der Waals surface area contributed by atoms with Crippen LogP contribution in [-0.2, 0) is 25.7 Å². The molecule has 3 atom stereocenters. The van der Waals surface area contributed by atoms with Gasteiger partial charge in [0.05, 0.1) is 12.0 Å². The number of benzene rings is 1. The zero-order valence-corrected chi connectivity index (χ0v) is 12.9. The molecule has 1 aliphatic rings. The van der Waals surface area contributed by atoms with Crippen molar-refractivity contribution in [3.63, 3.8) is 0 Å². The van der Waals surface area contributed by atoms with E-state index in [2.05, 4.69) is 22.6 Å². The highest BCUT2D eigenvalue weighted by Gasteiger charge is 2.44. The zero-order chi connectivity index (χ0) is 14.5. The van der Waals surface area contributed by atoms with Crippen molar-refractivity contribution in [1.82, 2.24) is 0 Å². The highest BCUT2D eigenvalue weighted by atomic mass is 127. The van der Waals surface area contributed by atoms with Crippen LogP contribution in [0.15, 0.2) is 30.3 Å². The van der Waals surface area contributed by atoms with Gasteiger partial charge in [0.1, 0.15) is 6.61 Å². The maximum absolute atomic E-state index is 12.0. The molecule has 2 rings (SSSR count). The second-order valence-electron chi connectivity index (χ2n) is 4.61. The van der Waals surface area contributed by atoms with E-state index in [4.69, 9.17) is 14.6 Å². The van der Waals surface area contributed by atoms with Crippen molar-refractivity contribution in [3.8, 4) is 0 Å². The molecule has 0 bridgehead atoms. The standard InChI is InChI=1S/C14H15IO5/c15-7-10-6-11(12(20-10)13(16)17)14(18)19-8-9-4-2-1-3-5-9/h1-5,10-12H,6-8H2,(H,16,17)/t10?,11-,12?/m0/s1. The van der Waals surface area contributed by atoms with E-state index in [1.165, 1.54) is 0 Å². The van der Waals surface area contributed by atoms with Crippen LogP contribution in [0.2, 0.25) is 0 Å². The van der Waals surface area contributed by atoms with Gasteiger partial charge in [0.25, 0.3) is 0 Å². The second-order valence-corrected chi connectivity index (χ2v) is 5.49. The summed E-state index contributed by atoms with van der Waals surface area (Å²) in [5.74, 6) is -2.34. The minimum absolute atomic E-state index is 0.150. The molecule has 108 valence electrons. The third kappa shape index (κ3) is 3.69. The number of carboxylic acid groups (broad SMARTS) is 1. The van der Waals surface area contributed by atoms with Crippen LogP contribution in [0.1, 0.15) is 12.0 Å². The number of hydrogen-bond acceptors (Lipinski definition) is 4. The summed E-state index contributed by atoms with van der Waals surface area (Å²) in [5, 5.41) is 9.10. The largest absolute Gasteiger partial charge is 0.479 e. The average Bonchev–Trinajstić information content (AvgIpc) is 2.90. The molecule has 0 saturated carbocycles. The lowest BCUT2D eigenvalue weighted by atomic mass is 10.00. The topological polar surface area (TPSA) is 72.8 Å². The maximum Gasteiger partial charge on any atom is 0.333 e. The van der Waals surface area contributed by atoms with Crippen molar-refractivity contribution in [2.24, 2.45) is 5.92 Å². The number of rotatable bonds is 5. The van der Waals surface area contributed by atoms with Crippen LogP contribution in [0.4, 0.5) is 0 Å². The van der Waals surface area contributed by atoms with E-state index in [1.54, 1.807) is 0 Å². The Kier molecular flexibility index (Phi) is 5.36. The van der Waals surface area contributed by atoms with Gasteiger partial charge in [-0.1, -0.05) is 52.9 Å². The molecular formula is C14H15IO5. The van der Waals surface area contributed by atoms with Gasteiger partial charge < -0.3 is 14.6 Å². The summed E-state index contributed by atoms with van der Waals surface area (Å²) in [6.45, 7) is 0.150. The fourth-order valence-corrected chi connectivity index (χ4v) is 2.72. The summed E-state index contributed by atoms with van der Waals surface area (Å²) in [5.41, 5.74) is 0.872. The van der Waals surface area contributed by atoms with Crippen LogP contribution in [0.5, 0.6) is 0 Å². The van der Waals surface area contributed by atoms with Crippen LogP contribution >= 0.6 is 22.6 Å². The predicted octanol–water partition coefficient (Wildman–Crippen LogP) is 2.02. The lowest BCUT2D eigenvalue weighted by molar-refractivity contribution is -0.161. The number of aliphatic carboxylic acids is 1. The van der Waals surface area contributed by atoms with Crippen LogP contribution in [0.3, 0.4) is 0 Å². The van der Waals surface area contributed by atoms with E-state index in [-0.39, 0.29) is 12.7 Å². The summed E-state index contributed by atoms with van der Waals surface area (Å²) in [6.07, 6.45) is -0.905. The van der Waals surface area contributed by atoms with E-state index >= 15 is 0 Å². The van der Waals surface area contributed by atoms with Gasteiger partial charge in [0.2, 0.25) is 0 Å². The van der Waals surface area contributed by atoms with Crippen molar-refractivity contribution in [2.45, 2.75) is 25.2 Å². The summed E-state index contributed by atoms with van der Waals surface area (Å²) < 4.78 is 11.2. The normalized spacial score (nSPS) is 25.4. The molecule has 1 fully saturated rings. The van der Waals surface area contributed by atoms with Crippen molar-refractivity contribution < 1.29 is 24.2 Å². The minimum Gasteiger partial charge on any atom is -0.479 e. The molecule has 1 aliphatic heterocycles. The van der Waals surface area contributed by atoms with Gasteiger partial charge in [0, 0.05) is 4.43 Å². The molecule has 1 aromatic rings. The lowest BCUT2D eigenvalue weighted by Gasteiger charge is -2.13. The number of halogens is 1. The van der Waals surface area contributed by atoms with Crippen LogP contribution in [0.25, 0.3) is 0 Å². The van der Waals surface area contributed by atoms with E-state index in [0.29, 0.717) is 10.8 Å². The molecule has 0 amide bonds. The fraction of sp³-hybridized carbons (Fsp3) is 0.429. The van der Waals surface area contributed by atoms with Crippen LogP contribution in [-0.4, -0.2) is 33.7 Å². The van der Waals surface area contributed by atoms with Gasteiger partial charge in [-0.05, 0) is 12.0 Å². The smallest absolute Gasteiger partial charge is 0.333 e. The molecular weight excluding hydrogens is 375 g/mol. The molecule has 0 radical (unpaired) electrons. The van der Waals surface area contributed by atoms with Gasteiger partial charge >= 0.3 is 11.9 Å². The molecule has 20 heavy (non-hydrogen) atoms. The molecule has 1 heterocycles. The molecule has 0 aromatic heterocycles. The van der Waals surface area contributed by atoms with Gasteiger partial charge in [-0.25, -0.2) is 4.79 Å². The van der Waals surface area contributed by atoms with Gasteiger partial charge in [-0.3, -0.25) is 4.79 Å². The Morgan fingerprint density at radius 1 is 1.35 bits per heavy atom. The van der Waals surface area contributed by atoms with E-state index in [9.17, 15) is 9.59 Å². The Balaban J connectivity index is 1.95. The van der Waals surface area contributed by atoms with Crippen molar-refractivity contribution in [3.05, 3.63) is 35.9 Å². The van der Waals surface area contributed by atoms with Gasteiger partial charge in [0.15, 0.2) is 6.10 Å². The average molecular weight is 390 g/mol. The molecule has 2 unspecified atom stereocenters. The minimum atomic E-state index is -1.11. The second kappa shape index (κ2) is 7.03. The number of ether oxygens (including phenoxy) is 2. The molecule has 5 nitrogen and oxygen atoms in total. The number of esters is 1. The Hall–Kier alpha value is -1.15.